The van der Waals surface area contributed by atoms with Gasteiger partial charge < -0.3 is 9.84 Å². The molecule has 0 aliphatic heterocycles. The van der Waals surface area contributed by atoms with Crippen LogP contribution in [0, 0.1) is 11.3 Å². The van der Waals surface area contributed by atoms with E-state index in [1.54, 1.807) is 13.0 Å². The van der Waals surface area contributed by atoms with Crippen LogP contribution in [0.1, 0.15) is 13.8 Å². The van der Waals surface area contributed by atoms with Gasteiger partial charge in [-0.2, -0.15) is 5.26 Å². The molecular weight excluding hydrogens is 185 g/mol. The number of nitrogens with zero attached hydrogens (tertiary/aromatic N) is 1. The minimum atomic E-state index is -0.966. The predicted octanol–water partition coefficient (Wildman–Crippen LogP) is -3.29. The van der Waals surface area contributed by atoms with Crippen molar-refractivity contribution in [2.24, 2.45) is 0 Å². The van der Waals surface area contributed by atoms with Gasteiger partial charge in [-0.05, 0) is 19.6 Å². The molecule has 0 rings (SSSR count). The van der Waals surface area contributed by atoms with E-state index in [2.05, 4.69) is 4.74 Å². The Labute approximate surface area is 114 Å². The van der Waals surface area contributed by atoms with Crippen molar-refractivity contribution in [3.63, 3.8) is 0 Å². The fourth-order valence-corrected chi connectivity index (χ4v) is 0.401. The first-order valence-electron chi connectivity index (χ1n) is 3.08. The first-order chi connectivity index (χ1) is 5.13. The number of nitriles is 1. The summed E-state index contributed by atoms with van der Waals surface area (Å²) in [5.74, 6) is -1.83. The Morgan fingerprint density at radius 2 is 2.17 bits per heavy atom. The zero-order valence-electron chi connectivity index (χ0n) is 7.38. The molecule has 0 aromatic heterocycles. The van der Waals surface area contributed by atoms with E-state index in [0.717, 1.165) is 0 Å². The van der Waals surface area contributed by atoms with Crippen LogP contribution in [0.15, 0.2) is 11.3 Å². The number of ether oxygens (including phenoxy) is 1. The molecule has 0 aliphatic rings. The van der Waals surface area contributed by atoms with E-state index < -0.39 is 11.7 Å². The molecule has 0 saturated heterocycles. The monoisotopic (exact) mass is 193 g/mol. The molecule has 0 heterocycles. The summed E-state index contributed by atoms with van der Waals surface area (Å²) in [5, 5.41) is 18.9. The molecule has 5 heteroatoms. The summed E-state index contributed by atoms with van der Waals surface area (Å²) >= 11 is 0. The third-order valence-corrected chi connectivity index (χ3v) is 0.969. The SMILES string of the molecule is CCOC(=O)/C([O-])=C(/C)C#N.[K+]. The maximum absolute atomic E-state index is 10.7. The van der Waals surface area contributed by atoms with Crippen LogP contribution in [0.2, 0.25) is 0 Å². The molecule has 0 unspecified atom stereocenters. The smallest absolute Gasteiger partial charge is 0.867 e. The van der Waals surface area contributed by atoms with Gasteiger partial charge in [0.1, 0.15) is 0 Å². The summed E-state index contributed by atoms with van der Waals surface area (Å²) in [5.41, 5.74) is -0.150. The van der Waals surface area contributed by atoms with Crippen molar-refractivity contribution in [1.29, 1.82) is 5.26 Å². The van der Waals surface area contributed by atoms with Crippen LogP contribution >= 0.6 is 0 Å². The van der Waals surface area contributed by atoms with E-state index in [1.165, 1.54) is 6.92 Å². The molecule has 0 fully saturated rings. The molecule has 0 aliphatic carbocycles. The van der Waals surface area contributed by atoms with Gasteiger partial charge in [0.05, 0.1) is 12.7 Å². The zero-order chi connectivity index (χ0) is 8.85. The molecule has 0 N–H and O–H groups in total. The van der Waals surface area contributed by atoms with Crippen LogP contribution in [-0.4, -0.2) is 12.6 Å². The third kappa shape index (κ3) is 4.90. The average Bonchev–Trinajstić information content (AvgIpc) is 2.02. The van der Waals surface area contributed by atoms with Crippen LogP contribution in [0.3, 0.4) is 0 Å². The van der Waals surface area contributed by atoms with Crippen LogP contribution in [-0.2, 0) is 9.53 Å². The van der Waals surface area contributed by atoms with Crippen molar-refractivity contribution in [1.82, 2.24) is 0 Å². The minimum Gasteiger partial charge on any atom is -0.867 e. The first kappa shape index (κ1) is 14.6. The van der Waals surface area contributed by atoms with Gasteiger partial charge in [-0.3, -0.25) is 0 Å². The number of carbonyl (C=O) groups is 1. The molecule has 0 radical (unpaired) electrons. The van der Waals surface area contributed by atoms with E-state index in [0.29, 0.717) is 0 Å². The van der Waals surface area contributed by atoms with Crippen molar-refractivity contribution in [2.45, 2.75) is 13.8 Å². The second kappa shape index (κ2) is 7.77. The summed E-state index contributed by atoms with van der Waals surface area (Å²) < 4.78 is 4.37. The first-order valence-corrected chi connectivity index (χ1v) is 3.08. The van der Waals surface area contributed by atoms with E-state index in [-0.39, 0.29) is 63.6 Å². The third-order valence-electron chi connectivity index (χ3n) is 0.969. The number of allylic oxidation sites excluding steroid dienone is 1. The van der Waals surface area contributed by atoms with Crippen LogP contribution in [0.25, 0.3) is 0 Å². The van der Waals surface area contributed by atoms with Gasteiger partial charge in [0.25, 0.3) is 0 Å². The van der Waals surface area contributed by atoms with E-state index in [1.807, 2.05) is 0 Å². The normalized spacial score (nSPS) is 10.4. The molecular formula is C7H8KNO3. The van der Waals surface area contributed by atoms with E-state index in [9.17, 15) is 9.90 Å². The van der Waals surface area contributed by atoms with Gasteiger partial charge in [0.2, 0.25) is 0 Å². The molecule has 12 heavy (non-hydrogen) atoms. The van der Waals surface area contributed by atoms with Gasteiger partial charge in [-0.1, -0.05) is 0 Å². The van der Waals surface area contributed by atoms with Crippen LogP contribution in [0.4, 0.5) is 0 Å². The van der Waals surface area contributed by atoms with E-state index >= 15 is 0 Å². The van der Waals surface area contributed by atoms with Gasteiger partial charge in [-0.15, -0.1) is 0 Å². The Bertz CT molecular complexity index is 229. The number of carbonyl (C=O) groups excluding carboxylic acids is 1. The van der Waals surface area contributed by atoms with Gasteiger partial charge in [0.15, 0.2) is 0 Å². The Morgan fingerprint density at radius 1 is 1.67 bits per heavy atom. The molecule has 0 atom stereocenters. The van der Waals surface area contributed by atoms with Crippen molar-refractivity contribution < 1.29 is 66.0 Å². The molecule has 4 nitrogen and oxygen atoms in total. The number of esters is 1. The fourth-order valence-electron chi connectivity index (χ4n) is 0.401. The Hall–Kier alpha value is 0.136. The Kier molecular flexibility index (Phi) is 9.48. The predicted molar refractivity (Wildman–Crippen MR) is 34.9 cm³/mol. The average molecular weight is 193 g/mol. The van der Waals surface area contributed by atoms with Crippen LogP contribution in [0.5, 0.6) is 0 Å². The molecule has 0 bridgehead atoms. The molecule has 60 valence electrons. The van der Waals surface area contributed by atoms with Crippen molar-refractivity contribution in [3.05, 3.63) is 11.3 Å². The maximum Gasteiger partial charge on any atom is 1.00 e. The summed E-state index contributed by atoms with van der Waals surface area (Å²) in [4.78, 5) is 10.6. The van der Waals surface area contributed by atoms with Crippen LogP contribution < -0.4 is 56.5 Å². The summed E-state index contributed by atoms with van der Waals surface area (Å²) in [7, 11) is 0. The van der Waals surface area contributed by atoms with Crippen molar-refractivity contribution in [3.8, 4) is 6.07 Å². The molecule has 0 aromatic carbocycles. The molecule has 0 aromatic rings. The van der Waals surface area contributed by atoms with Gasteiger partial charge in [0, 0.05) is 5.57 Å². The molecule has 0 amide bonds. The van der Waals surface area contributed by atoms with Crippen molar-refractivity contribution in [2.75, 3.05) is 6.61 Å². The molecule has 0 saturated carbocycles. The Morgan fingerprint density at radius 3 is 2.50 bits per heavy atom. The van der Waals surface area contributed by atoms with Gasteiger partial charge in [-0.25, -0.2) is 4.79 Å². The second-order valence-corrected chi connectivity index (χ2v) is 1.79. The Balaban J connectivity index is 0. The summed E-state index contributed by atoms with van der Waals surface area (Å²) in [6.45, 7) is 3.01. The summed E-state index contributed by atoms with van der Waals surface area (Å²) in [6, 6.07) is 1.57. The number of hydrogen-bond donors (Lipinski definition) is 0. The maximum atomic E-state index is 10.7. The quantitative estimate of drug-likeness (QED) is 0.151. The molecule has 0 spiro atoms. The zero-order valence-corrected chi connectivity index (χ0v) is 10.5. The van der Waals surface area contributed by atoms with Crippen molar-refractivity contribution >= 4 is 5.97 Å². The largest absolute Gasteiger partial charge is 1.00 e. The fraction of sp³-hybridized carbons (Fsp3) is 0.429. The standard InChI is InChI=1S/C7H9NO3.K/c1-3-11-7(10)6(9)5(2)4-8;/h9H,3H2,1-2H3;/q;+1/p-1/b6-5+;. The summed E-state index contributed by atoms with van der Waals surface area (Å²) in [6.07, 6.45) is 0. The second-order valence-electron chi connectivity index (χ2n) is 1.79. The minimum absolute atomic E-state index is 0. The van der Waals surface area contributed by atoms with Gasteiger partial charge >= 0.3 is 57.4 Å². The topological polar surface area (TPSA) is 73.2 Å². The number of hydrogen-bond acceptors (Lipinski definition) is 4. The van der Waals surface area contributed by atoms with E-state index in [4.69, 9.17) is 5.26 Å². The number of rotatable bonds is 2.